The zero-order valence-corrected chi connectivity index (χ0v) is 19.6. The number of hydrazone groups is 1. The van der Waals surface area contributed by atoms with Crippen LogP contribution in [0, 0.1) is 0 Å². The number of nitrogens with zero attached hydrogens (tertiary/aromatic N) is 3. The molecule has 3 rings (SSSR count). The van der Waals surface area contributed by atoms with Crippen molar-refractivity contribution in [2.45, 2.75) is 11.8 Å². The molecular weight excluding hydrogens is 484 g/mol. The van der Waals surface area contributed by atoms with Crippen molar-refractivity contribution in [1.82, 2.24) is 14.6 Å². The quantitative estimate of drug-likeness (QED) is 0.436. The first-order valence-electron chi connectivity index (χ1n) is 9.91. The highest BCUT2D eigenvalue weighted by molar-refractivity contribution is 9.10. The van der Waals surface area contributed by atoms with Gasteiger partial charge in [0.2, 0.25) is 10.0 Å². The molecule has 0 bridgehead atoms. The molecule has 1 fully saturated rings. The Hall–Kier alpha value is -2.27. The number of hydrogen-bond donors (Lipinski definition) is 1. The molecule has 0 aromatic heterocycles. The molecular formula is C21H25BrN4O4S. The summed E-state index contributed by atoms with van der Waals surface area (Å²) in [6, 6.07) is 14.0. The van der Waals surface area contributed by atoms with Crippen LogP contribution in [0.3, 0.4) is 0 Å². The summed E-state index contributed by atoms with van der Waals surface area (Å²) in [4.78, 5) is 14.3. The van der Waals surface area contributed by atoms with Crippen LogP contribution >= 0.6 is 15.9 Å². The lowest BCUT2D eigenvalue weighted by atomic mass is 10.2. The molecule has 2 aromatic rings. The first-order chi connectivity index (χ1) is 14.9. The lowest BCUT2D eigenvalue weighted by molar-refractivity contribution is -0.122. The van der Waals surface area contributed by atoms with Gasteiger partial charge in [0.25, 0.3) is 5.91 Å². The van der Waals surface area contributed by atoms with Gasteiger partial charge in [0.15, 0.2) is 0 Å². The number of ether oxygens (including phenoxy) is 1. The van der Waals surface area contributed by atoms with Gasteiger partial charge in [0.1, 0.15) is 5.75 Å². The number of amides is 1. The van der Waals surface area contributed by atoms with Crippen LogP contribution in [0.5, 0.6) is 5.75 Å². The zero-order valence-electron chi connectivity index (χ0n) is 17.2. The Kier molecular flexibility index (Phi) is 8.19. The Morgan fingerprint density at radius 2 is 1.74 bits per heavy atom. The van der Waals surface area contributed by atoms with E-state index in [9.17, 15) is 13.2 Å². The Morgan fingerprint density at radius 3 is 2.35 bits per heavy atom. The molecule has 0 aliphatic carbocycles. The minimum Gasteiger partial charge on any atom is -0.494 e. The van der Waals surface area contributed by atoms with Crippen LogP contribution in [-0.4, -0.2) is 69.1 Å². The normalized spacial score (nSPS) is 15.8. The molecule has 1 aliphatic rings. The van der Waals surface area contributed by atoms with Gasteiger partial charge in [0, 0.05) is 30.7 Å². The van der Waals surface area contributed by atoms with Crippen molar-refractivity contribution < 1.29 is 17.9 Å². The summed E-state index contributed by atoms with van der Waals surface area (Å²) >= 11 is 3.31. The Labute approximate surface area is 191 Å². The molecule has 2 aromatic carbocycles. The predicted molar refractivity (Wildman–Crippen MR) is 123 cm³/mol. The minimum atomic E-state index is -3.53. The number of halogens is 1. The molecule has 8 nitrogen and oxygen atoms in total. The Balaban J connectivity index is 1.45. The maximum Gasteiger partial charge on any atom is 0.254 e. The summed E-state index contributed by atoms with van der Waals surface area (Å²) in [5, 5.41) is 3.98. The van der Waals surface area contributed by atoms with E-state index in [1.165, 1.54) is 4.31 Å². The molecule has 0 saturated carbocycles. The third-order valence-corrected chi connectivity index (χ3v) is 7.19. The lowest BCUT2D eigenvalue weighted by Crippen LogP contribution is -2.50. The van der Waals surface area contributed by atoms with Crippen molar-refractivity contribution in [1.29, 1.82) is 0 Å². The van der Waals surface area contributed by atoms with Gasteiger partial charge >= 0.3 is 0 Å². The molecule has 0 spiro atoms. The molecule has 0 atom stereocenters. The van der Waals surface area contributed by atoms with E-state index in [2.05, 4.69) is 26.5 Å². The maximum atomic E-state index is 12.7. The van der Waals surface area contributed by atoms with E-state index < -0.39 is 10.0 Å². The SMILES string of the molecule is CCOc1ccc(C=NNC(=O)CN2CCN(S(=O)(=O)c3ccc(Br)cc3)CC2)cc1. The maximum absolute atomic E-state index is 12.7. The predicted octanol–water partition coefficient (Wildman–Crippen LogP) is 2.30. The fourth-order valence-corrected chi connectivity index (χ4v) is 4.80. The van der Waals surface area contributed by atoms with Gasteiger partial charge < -0.3 is 4.74 Å². The largest absolute Gasteiger partial charge is 0.494 e. The second-order valence-corrected chi connectivity index (χ2v) is 9.78. The van der Waals surface area contributed by atoms with Crippen molar-refractivity contribution in [2.75, 3.05) is 39.3 Å². The second-order valence-electron chi connectivity index (χ2n) is 6.93. The average Bonchev–Trinajstić information content (AvgIpc) is 2.76. The highest BCUT2D eigenvalue weighted by Crippen LogP contribution is 2.20. The van der Waals surface area contributed by atoms with Crippen molar-refractivity contribution in [3.63, 3.8) is 0 Å². The fourth-order valence-electron chi connectivity index (χ4n) is 3.12. The van der Waals surface area contributed by atoms with Crippen LogP contribution in [0.1, 0.15) is 12.5 Å². The number of carbonyl (C=O) groups excluding carboxylic acids is 1. The van der Waals surface area contributed by atoms with E-state index in [1.807, 2.05) is 36.1 Å². The number of sulfonamides is 1. The number of hydrogen-bond acceptors (Lipinski definition) is 6. The molecule has 1 N–H and O–H groups in total. The standard InChI is InChI=1S/C21H25BrN4O4S/c1-2-30-19-7-3-17(4-8-19)15-23-24-21(27)16-25-11-13-26(14-12-25)31(28,29)20-9-5-18(22)6-10-20/h3-10,15H,2,11-14,16H2,1H3,(H,24,27). The molecule has 166 valence electrons. The van der Waals surface area contributed by atoms with E-state index >= 15 is 0 Å². The van der Waals surface area contributed by atoms with E-state index in [0.29, 0.717) is 32.8 Å². The summed E-state index contributed by atoms with van der Waals surface area (Å²) < 4.78 is 33.2. The highest BCUT2D eigenvalue weighted by atomic mass is 79.9. The van der Waals surface area contributed by atoms with Gasteiger partial charge in [-0.15, -0.1) is 0 Å². The Morgan fingerprint density at radius 1 is 1.10 bits per heavy atom. The van der Waals surface area contributed by atoms with Crippen molar-refractivity contribution in [3.8, 4) is 5.75 Å². The number of benzene rings is 2. The zero-order chi connectivity index (χ0) is 22.3. The second kappa shape index (κ2) is 10.9. The number of piperazine rings is 1. The van der Waals surface area contributed by atoms with E-state index in [0.717, 1.165) is 15.8 Å². The van der Waals surface area contributed by atoms with Gasteiger partial charge in [-0.2, -0.15) is 9.41 Å². The fraction of sp³-hybridized carbons (Fsp3) is 0.333. The number of nitrogens with one attached hydrogen (secondary N) is 1. The van der Waals surface area contributed by atoms with Crippen LogP contribution in [0.2, 0.25) is 0 Å². The van der Waals surface area contributed by atoms with E-state index in [4.69, 9.17) is 4.74 Å². The molecule has 31 heavy (non-hydrogen) atoms. The first-order valence-corrected chi connectivity index (χ1v) is 12.1. The average molecular weight is 509 g/mol. The van der Waals surface area contributed by atoms with Gasteiger partial charge in [-0.3, -0.25) is 9.69 Å². The molecule has 1 aliphatic heterocycles. The van der Waals surface area contributed by atoms with Crippen LogP contribution in [0.25, 0.3) is 0 Å². The van der Waals surface area contributed by atoms with E-state index in [-0.39, 0.29) is 17.3 Å². The molecule has 0 radical (unpaired) electrons. The van der Waals surface area contributed by atoms with Crippen molar-refractivity contribution >= 4 is 38.1 Å². The molecule has 1 amide bonds. The van der Waals surface area contributed by atoms with Crippen molar-refractivity contribution in [3.05, 3.63) is 58.6 Å². The summed E-state index contributed by atoms with van der Waals surface area (Å²) in [7, 11) is -3.53. The number of carbonyl (C=O) groups is 1. The minimum absolute atomic E-state index is 0.160. The third-order valence-electron chi connectivity index (χ3n) is 4.74. The monoisotopic (exact) mass is 508 g/mol. The van der Waals surface area contributed by atoms with Crippen LogP contribution in [0.4, 0.5) is 0 Å². The van der Waals surface area contributed by atoms with Crippen LogP contribution < -0.4 is 10.2 Å². The Bertz CT molecular complexity index is 1000. The summed E-state index contributed by atoms with van der Waals surface area (Å²) in [6.07, 6.45) is 1.57. The molecule has 1 heterocycles. The van der Waals surface area contributed by atoms with Gasteiger partial charge in [0.05, 0.1) is 24.3 Å². The van der Waals surface area contributed by atoms with Crippen LogP contribution in [-0.2, 0) is 14.8 Å². The topological polar surface area (TPSA) is 91.3 Å². The third kappa shape index (κ3) is 6.60. The van der Waals surface area contributed by atoms with Gasteiger partial charge in [-0.1, -0.05) is 15.9 Å². The highest BCUT2D eigenvalue weighted by Gasteiger charge is 2.28. The summed E-state index contributed by atoms with van der Waals surface area (Å²) in [6.45, 7) is 4.31. The van der Waals surface area contributed by atoms with Crippen LogP contribution in [0.15, 0.2) is 63.0 Å². The summed E-state index contributed by atoms with van der Waals surface area (Å²) in [5.74, 6) is 0.538. The molecule has 1 saturated heterocycles. The number of rotatable bonds is 8. The first kappa shape index (κ1) is 23.4. The molecule has 10 heteroatoms. The smallest absolute Gasteiger partial charge is 0.254 e. The molecule has 0 unspecified atom stereocenters. The van der Waals surface area contributed by atoms with Gasteiger partial charge in [-0.05, 0) is 61.0 Å². The lowest BCUT2D eigenvalue weighted by Gasteiger charge is -2.33. The van der Waals surface area contributed by atoms with Gasteiger partial charge in [-0.25, -0.2) is 13.8 Å². The van der Waals surface area contributed by atoms with Crippen molar-refractivity contribution in [2.24, 2.45) is 5.10 Å². The van der Waals surface area contributed by atoms with E-state index in [1.54, 1.807) is 30.5 Å². The summed E-state index contributed by atoms with van der Waals surface area (Å²) in [5.41, 5.74) is 3.36.